The molecule has 3 amide bonds. The van der Waals surface area contributed by atoms with Crippen molar-refractivity contribution in [2.45, 2.75) is 6.42 Å². The molecule has 9 heteroatoms. The minimum absolute atomic E-state index is 0.0117. The van der Waals surface area contributed by atoms with Gasteiger partial charge < -0.3 is 11.1 Å². The summed E-state index contributed by atoms with van der Waals surface area (Å²) in [5.74, 6) is -1.24. The van der Waals surface area contributed by atoms with Crippen molar-refractivity contribution in [3.05, 3.63) is 46.0 Å². The van der Waals surface area contributed by atoms with Crippen LogP contribution in [0.15, 0.2) is 30.4 Å². The Bertz CT molecular complexity index is 866. The second kappa shape index (κ2) is 6.19. The fraction of sp³-hybridized carbons (Fsp3) is 0.389. The number of amides is 3. The van der Waals surface area contributed by atoms with Crippen LogP contribution >= 0.6 is 0 Å². The summed E-state index contributed by atoms with van der Waals surface area (Å²) in [5.41, 5.74) is 5.37. The van der Waals surface area contributed by atoms with Gasteiger partial charge in [0.1, 0.15) is 0 Å². The summed E-state index contributed by atoms with van der Waals surface area (Å²) in [6, 6.07) is 3.75. The molecule has 9 nitrogen and oxygen atoms in total. The SMILES string of the molecule is NC(=O)c1cc([N+](=O)[O-])ccc1NCCN1C(=O)[C@@H]2[C@@H](C1=O)[C@H]1C=C[C@H]2C1. The average Bonchev–Trinajstić information content (AvgIpc) is 3.31. The second-order valence-corrected chi connectivity index (χ2v) is 7.11. The van der Waals surface area contributed by atoms with Crippen molar-refractivity contribution in [3.63, 3.8) is 0 Å². The number of fused-ring (bicyclic) bond motifs is 5. The molecule has 0 unspecified atom stereocenters. The molecule has 1 heterocycles. The van der Waals surface area contributed by atoms with Gasteiger partial charge in [0.15, 0.2) is 0 Å². The highest BCUT2D eigenvalue weighted by Gasteiger charge is 2.58. The van der Waals surface area contributed by atoms with Gasteiger partial charge in [-0.1, -0.05) is 12.2 Å². The van der Waals surface area contributed by atoms with E-state index < -0.39 is 10.8 Å². The molecule has 4 rings (SSSR count). The molecular weight excluding hydrogens is 352 g/mol. The van der Waals surface area contributed by atoms with Crippen LogP contribution in [0.3, 0.4) is 0 Å². The van der Waals surface area contributed by atoms with Crippen LogP contribution in [-0.2, 0) is 9.59 Å². The number of imide groups is 1. The number of primary amides is 1. The number of hydrogen-bond acceptors (Lipinski definition) is 6. The maximum Gasteiger partial charge on any atom is 0.270 e. The van der Waals surface area contributed by atoms with E-state index in [1.54, 1.807) is 0 Å². The van der Waals surface area contributed by atoms with Gasteiger partial charge in [0.25, 0.3) is 11.6 Å². The van der Waals surface area contributed by atoms with Crippen LogP contribution in [0.4, 0.5) is 11.4 Å². The van der Waals surface area contributed by atoms with Gasteiger partial charge in [0, 0.05) is 30.9 Å². The molecule has 1 saturated heterocycles. The number of likely N-dealkylation sites (tertiary alicyclic amines) is 1. The van der Waals surface area contributed by atoms with Gasteiger partial charge in [0.05, 0.1) is 22.3 Å². The molecule has 3 aliphatic rings. The summed E-state index contributed by atoms with van der Waals surface area (Å²) in [4.78, 5) is 48.3. The fourth-order valence-electron chi connectivity index (χ4n) is 4.49. The number of rotatable bonds is 6. The second-order valence-electron chi connectivity index (χ2n) is 7.11. The Hall–Kier alpha value is -3.23. The molecule has 2 fully saturated rings. The van der Waals surface area contributed by atoms with Crippen molar-refractivity contribution in [1.29, 1.82) is 0 Å². The van der Waals surface area contributed by atoms with Crippen LogP contribution in [0.25, 0.3) is 0 Å². The molecule has 0 radical (unpaired) electrons. The lowest BCUT2D eigenvalue weighted by atomic mass is 9.85. The summed E-state index contributed by atoms with van der Waals surface area (Å²) in [7, 11) is 0. The van der Waals surface area contributed by atoms with Gasteiger partial charge in [-0.3, -0.25) is 29.4 Å². The third-order valence-corrected chi connectivity index (χ3v) is 5.69. The van der Waals surface area contributed by atoms with Crippen molar-refractivity contribution < 1.29 is 19.3 Å². The van der Waals surface area contributed by atoms with E-state index in [0.29, 0.717) is 5.69 Å². The Kier molecular flexibility index (Phi) is 3.94. The molecule has 1 aromatic rings. The first-order chi connectivity index (χ1) is 12.9. The third kappa shape index (κ3) is 2.66. The van der Waals surface area contributed by atoms with E-state index in [-0.39, 0.29) is 59.8 Å². The largest absolute Gasteiger partial charge is 0.383 e. The summed E-state index contributed by atoms with van der Waals surface area (Å²) in [5, 5.41) is 13.8. The smallest absolute Gasteiger partial charge is 0.270 e. The number of nitrogens with two attached hydrogens (primary N) is 1. The van der Waals surface area contributed by atoms with E-state index >= 15 is 0 Å². The Morgan fingerprint density at radius 2 is 1.85 bits per heavy atom. The molecule has 1 aromatic carbocycles. The molecular formula is C18H18N4O5. The van der Waals surface area contributed by atoms with E-state index in [2.05, 4.69) is 5.32 Å². The number of anilines is 1. The van der Waals surface area contributed by atoms with Crippen LogP contribution in [-0.4, -0.2) is 40.6 Å². The molecule has 1 saturated carbocycles. The van der Waals surface area contributed by atoms with Crippen molar-refractivity contribution >= 4 is 29.1 Å². The molecule has 0 aromatic heterocycles. The van der Waals surface area contributed by atoms with Crippen LogP contribution in [0.5, 0.6) is 0 Å². The fourth-order valence-corrected chi connectivity index (χ4v) is 4.49. The first-order valence-corrected chi connectivity index (χ1v) is 8.74. The summed E-state index contributed by atoms with van der Waals surface area (Å²) >= 11 is 0. The third-order valence-electron chi connectivity index (χ3n) is 5.69. The van der Waals surface area contributed by atoms with E-state index in [9.17, 15) is 24.5 Å². The Balaban J connectivity index is 1.44. The maximum atomic E-state index is 12.6. The number of carbonyl (C=O) groups excluding carboxylic acids is 3. The summed E-state index contributed by atoms with van der Waals surface area (Å²) in [6.07, 6.45) is 4.95. The van der Waals surface area contributed by atoms with Gasteiger partial charge in [-0.2, -0.15) is 0 Å². The van der Waals surface area contributed by atoms with Crippen LogP contribution in [0, 0.1) is 33.8 Å². The normalized spacial score (nSPS) is 27.9. The van der Waals surface area contributed by atoms with Crippen LogP contribution in [0.2, 0.25) is 0 Å². The van der Waals surface area contributed by atoms with Crippen LogP contribution in [0.1, 0.15) is 16.8 Å². The number of hydrogen-bond donors (Lipinski definition) is 2. The number of nitrogens with zero attached hydrogens (tertiary/aromatic N) is 2. The van der Waals surface area contributed by atoms with E-state index in [4.69, 9.17) is 5.73 Å². The standard InChI is InChI=1S/C18H18N4O5/c19-16(23)12-8-11(22(26)27)3-4-13(12)20-5-6-21-17(24)14-9-1-2-10(7-9)15(14)18(21)25/h1-4,8-10,14-15,20H,5-7H2,(H2,19,23)/t9-,10-,14-,15-/m0/s1. The molecule has 140 valence electrons. The van der Waals surface area contributed by atoms with Crippen molar-refractivity contribution in [1.82, 2.24) is 4.90 Å². The maximum absolute atomic E-state index is 12.6. The Labute approximate surface area is 154 Å². The number of benzene rings is 1. The zero-order valence-electron chi connectivity index (χ0n) is 14.3. The number of nitro benzene ring substituents is 1. The molecule has 1 aliphatic heterocycles. The van der Waals surface area contributed by atoms with Crippen molar-refractivity contribution in [2.75, 3.05) is 18.4 Å². The summed E-state index contributed by atoms with van der Waals surface area (Å²) in [6.45, 7) is 0.386. The minimum atomic E-state index is -0.799. The van der Waals surface area contributed by atoms with Gasteiger partial charge in [-0.05, 0) is 24.3 Å². The molecule has 27 heavy (non-hydrogen) atoms. The number of nitro groups is 1. The lowest BCUT2D eigenvalue weighted by molar-refractivity contribution is -0.384. The van der Waals surface area contributed by atoms with Crippen molar-refractivity contribution in [3.8, 4) is 0 Å². The highest BCUT2D eigenvalue weighted by Crippen LogP contribution is 2.52. The quantitative estimate of drug-likeness (QED) is 0.331. The monoisotopic (exact) mass is 370 g/mol. The van der Waals surface area contributed by atoms with E-state index in [1.165, 1.54) is 17.0 Å². The highest BCUT2D eigenvalue weighted by atomic mass is 16.6. The summed E-state index contributed by atoms with van der Waals surface area (Å²) < 4.78 is 0. The van der Waals surface area contributed by atoms with E-state index in [1.807, 2.05) is 12.2 Å². The van der Waals surface area contributed by atoms with Gasteiger partial charge in [-0.25, -0.2) is 0 Å². The number of allylic oxidation sites excluding steroid dienone is 2. The Morgan fingerprint density at radius 3 is 2.41 bits per heavy atom. The van der Waals surface area contributed by atoms with Crippen molar-refractivity contribution in [2.24, 2.45) is 29.4 Å². The van der Waals surface area contributed by atoms with E-state index in [0.717, 1.165) is 12.5 Å². The number of nitrogens with one attached hydrogen (secondary N) is 1. The number of non-ortho nitro benzene ring substituents is 1. The molecule has 2 aliphatic carbocycles. The van der Waals surface area contributed by atoms with Crippen LogP contribution < -0.4 is 11.1 Å². The zero-order chi connectivity index (χ0) is 19.3. The average molecular weight is 370 g/mol. The lowest BCUT2D eigenvalue weighted by Crippen LogP contribution is -2.36. The van der Waals surface area contributed by atoms with Gasteiger partial charge in [-0.15, -0.1) is 0 Å². The molecule has 0 spiro atoms. The predicted octanol–water partition coefficient (Wildman–Crippen LogP) is 0.913. The van der Waals surface area contributed by atoms with Gasteiger partial charge in [0.2, 0.25) is 11.8 Å². The number of carbonyl (C=O) groups is 3. The lowest BCUT2D eigenvalue weighted by Gasteiger charge is -2.18. The first kappa shape index (κ1) is 17.2. The molecule has 4 atom stereocenters. The zero-order valence-corrected chi connectivity index (χ0v) is 14.3. The topological polar surface area (TPSA) is 136 Å². The minimum Gasteiger partial charge on any atom is -0.383 e. The first-order valence-electron chi connectivity index (χ1n) is 8.74. The molecule has 2 bridgehead atoms. The predicted molar refractivity (Wildman–Crippen MR) is 94.5 cm³/mol. The molecule has 3 N–H and O–H groups in total. The Morgan fingerprint density at radius 1 is 1.22 bits per heavy atom. The highest BCUT2D eigenvalue weighted by molar-refractivity contribution is 6.06. The van der Waals surface area contributed by atoms with Gasteiger partial charge >= 0.3 is 0 Å².